The van der Waals surface area contributed by atoms with E-state index in [1.165, 1.54) is 25.7 Å². The molecule has 0 aromatic carbocycles. The fourth-order valence-corrected chi connectivity index (χ4v) is 3.55. The van der Waals surface area contributed by atoms with Crippen LogP contribution in [-0.2, 0) is 4.74 Å². The van der Waals surface area contributed by atoms with Gasteiger partial charge >= 0.3 is 0 Å². The third-order valence-electron chi connectivity index (χ3n) is 5.00. The Morgan fingerprint density at radius 2 is 1.94 bits per heavy atom. The number of rotatable bonds is 4. The Labute approximate surface area is 112 Å². The predicted octanol–water partition coefficient (Wildman–Crippen LogP) is 2.41. The third-order valence-corrected chi connectivity index (χ3v) is 5.00. The minimum atomic E-state index is 0.349. The van der Waals surface area contributed by atoms with Crippen LogP contribution >= 0.6 is 0 Å². The van der Waals surface area contributed by atoms with E-state index >= 15 is 0 Å². The highest BCUT2D eigenvalue weighted by Crippen LogP contribution is 2.29. The Kier molecular flexibility index (Phi) is 4.68. The molecule has 0 aliphatic carbocycles. The van der Waals surface area contributed by atoms with Gasteiger partial charge in [-0.05, 0) is 39.5 Å². The third kappa shape index (κ3) is 2.89. The second-order valence-corrected chi connectivity index (χ2v) is 6.26. The fraction of sp³-hybridized carbons (Fsp3) is 1.00. The van der Waals surface area contributed by atoms with Gasteiger partial charge in [-0.15, -0.1) is 0 Å². The molecule has 2 saturated heterocycles. The molecule has 0 bridgehead atoms. The highest BCUT2D eigenvalue weighted by Gasteiger charge is 2.39. The van der Waals surface area contributed by atoms with Gasteiger partial charge in [0.15, 0.2) is 0 Å². The van der Waals surface area contributed by atoms with E-state index in [4.69, 9.17) is 4.74 Å². The van der Waals surface area contributed by atoms with Crippen molar-refractivity contribution in [1.29, 1.82) is 0 Å². The van der Waals surface area contributed by atoms with Crippen LogP contribution in [0.3, 0.4) is 0 Å². The fourth-order valence-electron chi connectivity index (χ4n) is 3.55. The van der Waals surface area contributed by atoms with E-state index in [1.54, 1.807) is 0 Å². The Hall–Kier alpha value is -0.120. The van der Waals surface area contributed by atoms with Crippen LogP contribution in [0.1, 0.15) is 53.4 Å². The van der Waals surface area contributed by atoms with Crippen LogP contribution in [0.15, 0.2) is 0 Å². The highest BCUT2D eigenvalue weighted by molar-refractivity contribution is 4.97. The number of nitrogens with zero attached hydrogens (tertiary/aromatic N) is 1. The van der Waals surface area contributed by atoms with Gasteiger partial charge in [0, 0.05) is 31.2 Å². The molecular weight excluding hydrogens is 224 g/mol. The van der Waals surface area contributed by atoms with Crippen LogP contribution in [0.25, 0.3) is 0 Å². The van der Waals surface area contributed by atoms with E-state index < -0.39 is 0 Å². The lowest BCUT2D eigenvalue weighted by Gasteiger charge is -2.50. The zero-order valence-electron chi connectivity index (χ0n) is 12.5. The Morgan fingerprint density at radius 3 is 2.50 bits per heavy atom. The Morgan fingerprint density at radius 1 is 1.22 bits per heavy atom. The molecule has 2 rings (SSSR count). The molecule has 2 aliphatic rings. The summed E-state index contributed by atoms with van der Waals surface area (Å²) in [6.07, 6.45) is 5.85. The summed E-state index contributed by atoms with van der Waals surface area (Å²) in [5, 5.41) is 3.66. The first-order chi connectivity index (χ1) is 8.59. The molecule has 2 heterocycles. The van der Waals surface area contributed by atoms with Gasteiger partial charge in [-0.25, -0.2) is 0 Å². The monoisotopic (exact) mass is 254 g/mol. The second kappa shape index (κ2) is 5.89. The molecule has 106 valence electrons. The molecule has 0 aromatic heterocycles. The van der Waals surface area contributed by atoms with Gasteiger partial charge in [-0.2, -0.15) is 0 Å². The van der Waals surface area contributed by atoms with Gasteiger partial charge < -0.3 is 10.1 Å². The lowest BCUT2D eigenvalue weighted by molar-refractivity contribution is -0.0251. The van der Waals surface area contributed by atoms with E-state index in [0.29, 0.717) is 23.8 Å². The summed E-state index contributed by atoms with van der Waals surface area (Å²) in [5.41, 5.74) is 0.349. The summed E-state index contributed by atoms with van der Waals surface area (Å²) < 4.78 is 6.02. The topological polar surface area (TPSA) is 24.5 Å². The maximum absolute atomic E-state index is 6.02. The minimum Gasteiger partial charge on any atom is -0.374 e. The molecule has 0 aromatic rings. The summed E-state index contributed by atoms with van der Waals surface area (Å²) in [6, 6.07) is 0.607. The first-order valence-electron chi connectivity index (χ1n) is 7.73. The smallest absolute Gasteiger partial charge is 0.0706 e. The summed E-state index contributed by atoms with van der Waals surface area (Å²) in [7, 11) is 0. The van der Waals surface area contributed by atoms with Crippen molar-refractivity contribution in [3.63, 3.8) is 0 Å². The van der Waals surface area contributed by atoms with Gasteiger partial charge in [0.2, 0.25) is 0 Å². The van der Waals surface area contributed by atoms with Crippen molar-refractivity contribution in [3.05, 3.63) is 0 Å². The molecule has 0 radical (unpaired) electrons. The maximum atomic E-state index is 6.02. The zero-order chi connectivity index (χ0) is 13.2. The van der Waals surface area contributed by atoms with Crippen molar-refractivity contribution >= 4 is 0 Å². The van der Waals surface area contributed by atoms with Gasteiger partial charge in [-0.1, -0.05) is 13.8 Å². The van der Waals surface area contributed by atoms with Crippen LogP contribution in [0.5, 0.6) is 0 Å². The summed E-state index contributed by atoms with van der Waals surface area (Å²) in [5.74, 6) is 0. The molecule has 0 saturated carbocycles. The molecule has 2 aliphatic heterocycles. The number of nitrogens with one attached hydrogen (secondary N) is 1. The Balaban J connectivity index is 2.01. The molecule has 3 nitrogen and oxygen atoms in total. The lowest BCUT2D eigenvalue weighted by Crippen LogP contribution is -2.64. The molecule has 2 fully saturated rings. The van der Waals surface area contributed by atoms with Crippen molar-refractivity contribution < 1.29 is 4.74 Å². The van der Waals surface area contributed by atoms with E-state index in [2.05, 4.69) is 37.9 Å². The normalized spacial score (nSPS) is 37.0. The summed E-state index contributed by atoms with van der Waals surface area (Å²) >= 11 is 0. The van der Waals surface area contributed by atoms with E-state index in [1.807, 2.05) is 0 Å². The van der Waals surface area contributed by atoms with Crippen molar-refractivity contribution in [2.75, 3.05) is 19.6 Å². The molecule has 3 heteroatoms. The average molecular weight is 254 g/mol. The molecule has 3 unspecified atom stereocenters. The summed E-state index contributed by atoms with van der Waals surface area (Å²) in [6.45, 7) is 12.6. The van der Waals surface area contributed by atoms with Crippen LogP contribution < -0.4 is 5.32 Å². The largest absolute Gasteiger partial charge is 0.374 e. The van der Waals surface area contributed by atoms with Gasteiger partial charge in [0.1, 0.15) is 0 Å². The molecule has 0 spiro atoms. The van der Waals surface area contributed by atoms with Crippen molar-refractivity contribution in [3.8, 4) is 0 Å². The zero-order valence-corrected chi connectivity index (χ0v) is 12.5. The van der Waals surface area contributed by atoms with Gasteiger partial charge in [-0.3, -0.25) is 4.90 Å². The van der Waals surface area contributed by atoms with Crippen LogP contribution in [-0.4, -0.2) is 48.3 Å². The van der Waals surface area contributed by atoms with E-state index in [-0.39, 0.29) is 0 Å². The first kappa shape index (κ1) is 14.3. The van der Waals surface area contributed by atoms with Crippen molar-refractivity contribution in [1.82, 2.24) is 10.2 Å². The molecule has 0 amide bonds. The average Bonchev–Trinajstić information content (AvgIpc) is 2.76. The van der Waals surface area contributed by atoms with Crippen LogP contribution in [0, 0.1) is 0 Å². The van der Waals surface area contributed by atoms with Crippen molar-refractivity contribution in [2.45, 2.75) is 77.2 Å². The molecular formula is C15H30N2O. The molecule has 18 heavy (non-hydrogen) atoms. The molecule has 1 N–H and O–H groups in total. The predicted molar refractivity (Wildman–Crippen MR) is 75.9 cm³/mol. The maximum Gasteiger partial charge on any atom is 0.0706 e. The Bertz CT molecular complexity index is 265. The minimum absolute atomic E-state index is 0.349. The SMILES string of the molecule is CCC1(CC)CNC(C)CN1CC1CCC(C)O1. The lowest BCUT2D eigenvalue weighted by atomic mass is 9.87. The van der Waals surface area contributed by atoms with Gasteiger partial charge in [0.25, 0.3) is 0 Å². The quantitative estimate of drug-likeness (QED) is 0.834. The van der Waals surface area contributed by atoms with E-state index in [9.17, 15) is 0 Å². The number of ether oxygens (including phenoxy) is 1. The van der Waals surface area contributed by atoms with Crippen LogP contribution in [0.2, 0.25) is 0 Å². The van der Waals surface area contributed by atoms with Gasteiger partial charge in [0.05, 0.1) is 12.2 Å². The highest BCUT2D eigenvalue weighted by atomic mass is 16.5. The number of hydrogen-bond acceptors (Lipinski definition) is 3. The van der Waals surface area contributed by atoms with E-state index in [0.717, 1.165) is 19.6 Å². The van der Waals surface area contributed by atoms with Crippen LogP contribution in [0.4, 0.5) is 0 Å². The van der Waals surface area contributed by atoms with Crippen molar-refractivity contribution in [2.24, 2.45) is 0 Å². The number of hydrogen-bond donors (Lipinski definition) is 1. The molecule has 3 atom stereocenters. The first-order valence-corrected chi connectivity index (χ1v) is 7.73. The summed E-state index contributed by atoms with van der Waals surface area (Å²) in [4.78, 5) is 2.71. The standard InChI is InChI=1S/C15H30N2O/c1-5-15(6-2)11-16-12(3)9-17(15)10-14-8-7-13(4)18-14/h12-14,16H,5-11H2,1-4H3. The second-order valence-electron chi connectivity index (χ2n) is 6.26. The number of piperazine rings is 1.